The topological polar surface area (TPSA) is 32.3 Å². The standard InChI is InChI=1S/C11H13BrF2N2O/c1-16(2)6-5-15-11(17)9-8(13)4-3-7(12)10(9)14/h3-4H,5-6H2,1-2H3,(H,15,17). The molecule has 0 aliphatic rings. The normalized spacial score (nSPS) is 10.7. The minimum absolute atomic E-state index is 0.0664. The fourth-order valence-corrected chi connectivity index (χ4v) is 1.55. The zero-order valence-corrected chi connectivity index (χ0v) is 11.1. The number of hydrogen-bond acceptors (Lipinski definition) is 2. The predicted octanol–water partition coefficient (Wildman–Crippen LogP) is 2.02. The molecule has 17 heavy (non-hydrogen) atoms. The lowest BCUT2D eigenvalue weighted by molar-refractivity contribution is 0.0942. The van der Waals surface area contributed by atoms with Crippen LogP contribution in [0.2, 0.25) is 0 Å². The summed E-state index contributed by atoms with van der Waals surface area (Å²) < 4.78 is 26.9. The molecule has 0 saturated carbocycles. The Hall–Kier alpha value is -1.01. The van der Waals surface area contributed by atoms with E-state index in [4.69, 9.17) is 0 Å². The fourth-order valence-electron chi connectivity index (χ4n) is 1.22. The molecule has 1 N–H and O–H groups in total. The summed E-state index contributed by atoms with van der Waals surface area (Å²) in [5.74, 6) is -2.50. The van der Waals surface area contributed by atoms with Crippen LogP contribution in [0.1, 0.15) is 10.4 Å². The van der Waals surface area contributed by atoms with E-state index in [-0.39, 0.29) is 4.47 Å². The maximum absolute atomic E-state index is 13.5. The van der Waals surface area contributed by atoms with Crippen molar-refractivity contribution < 1.29 is 13.6 Å². The van der Waals surface area contributed by atoms with Crippen molar-refractivity contribution >= 4 is 21.8 Å². The van der Waals surface area contributed by atoms with Gasteiger partial charge in [0.1, 0.15) is 11.4 Å². The molecule has 0 aromatic heterocycles. The van der Waals surface area contributed by atoms with E-state index in [9.17, 15) is 13.6 Å². The smallest absolute Gasteiger partial charge is 0.257 e. The number of nitrogens with zero attached hydrogens (tertiary/aromatic N) is 1. The van der Waals surface area contributed by atoms with Gasteiger partial charge in [0.25, 0.3) is 5.91 Å². The van der Waals surface area contributed by atoms with Crippen molar-refractivity contribution in [1.82, 2.24) is 10.2 Å². The third-order valence-electron chi connectivity index (χ3n) is 2.12. The second kappa shape index (κ2) is 6.07. The molecular formula is C11H13BrF2N2O. The van der Waals surface area contributed by atoms with Crippen LogP contribution in [0, 0.1) is 11.6 Å². The van der Waals surface area contributed by atoms with Gasteiger partial charge < -0.3 is 10.2 Å². The summed E-state index contributed by atoms with van der Waals surface area (Å²) >= 11 is 2.91. The quantitative estimate of drug-likeness (QED) is 0.863. The van der Waals surface area contributed by atoms with E-state index in [1.165, 1.54) is 6.07 Å². The Morgan fingerprint density at radius 1 is 1.41 bits per heavy atom. The molecule has 0 unspecified atom stereocenters. The van der Waals surface area contributed by atoms with Gasteiger partial charge in [-0.1, -0.05) is 0 Å². The number of hydrogen-bond donors (Lipinski definition) is 1. The van der Waals surface area contributed by atoms with E-state index < -0.39 is 23.1 Å². The average molecular weight is 307 g/mol. The number of benzene rings is 1. The first-order valence-corrected chi connectivity index (χ1v) is 5.79. The fraction of sp³-hybridized carbons (Fsp3) is 0.364. The highest BCUT2D eigenvalue weighted by atomic mass is 79.9. The molecule has 1 rings (SSSR count). The molecule has 0 aliphatic heterocycles. The summed E-state index contributed by atoms with van der Waals surface area (Å²) in [6.45, 7) is 0.931. The SMILES string of the molecule is CN(C)CCNC(=O)c1c(F)ccc(Br)c1F. The minimum Gasteiger partial charge on any atom is -0.351 e. The third-order valence-corrected chi connectivity index (χ3v) is 2.73. The van der Waals surface area contributed by atoms with Gasteiger partial charge in [0, 0.05) is 13.1 Å². The van der Waals surface area contributed by atoms with Gasteiger partial charge in [0.2, 0.25) is 0 Å². The first-order chi connectivity index (χ1) is 7.93. The zero-order chi connectivity index (χ0) is 13.0. The largest absolute Gasteiger partial charge is 0.351 e. The summed E-state index contributed by atoms with van der Waals surface area (Å²) in [7, 11) is 3.68. The first kappa shape index (κ1) is 14.1. The van der Waals surface area contributed by atoms with Crippen LogP contribution in [0.5, 0.6) is 0 Å². The number of carbonyl (C=O) groups excluding carboxylic acids is 1. The van der Waals surface area contributed by atoms with Crippen molar-refractivity contribution in [1.29, 1.82) is 0 Å². The lowest BCUT2D eigenvalue weighted by Gasteiger charge is -2.11. The lowest BCUT2D eigenvalue weighted by Crippen LogP contribution is -2.32. The van der Waals surface area contributed by atoms with Gasteiger partial charge in [-0.05, 0) is 42.2 Å². The van der Waals surface area contributed by atoms with Crippen molar-refractivity contribution in [3.8, 4) is 0 Å². The van der Waals surface area contributed by atoms with Crippen molar-refractivity contribution in [3.63, 3.8) is 0 Å². The second-order valence-corrected chi connectivity index (χ2v) is 4.63. The van der Waals surface area contributed by atoms with Crippen LogP contribution >= 0.6 is 15.9 Å². The zero-order valence-electron chi connectivity index (χ0n) is 9.56. The molecule has 6 heteroatoms. The van der Waals surface area contributed by atoms with Gasteiger partial charge in [0.05, 0.1) is 4.47 Å². The monoisotopic (exact) mass is 306 g/mol. The van der Waals surface area contributed by atoms with Gasteiger partial charge in [-0.25, -0.2) is 8.78 Å². The first-order valence-electron chi connectivity index (χ1n) is 5.00. The van der Waals surface area contributed by atoms with E-state index in [1.54, 1.807) is 0 Å². The highest BCUT2D eigenvalue weighted by Gasteiger charge is 2.19. The maximum atomic E-state index is 13.5. The second-order valence-electron chi connectivity index (χ2n) is 3.78. The Morgan fingerprint density at radius 3 is 2.65 bits per heavy atom. The predicted molar refractivity (Wildman–Crippen MR) is 64.9 cm³/mol. The number of rotatable bonds is 4. The Bertz CT molecular complexity index is 424. The number of likely N-dealkylation sites (N-methyl/N-ethyl adjacent to an activating group) is 1. The van der Waals surface area contributed by atoms with Gasteiger partial charge >= 0.3 is 0 Å². The van der Waals surface area contributed by atoms with E-state index in [0.717, 1.165) is 6.07 Å². The van der Waals surface area contributed by atoms with Gasteiger partial charge in [-0.3, -0.25) is 4.79 Å². The van der Waals surface area contributed by atoms with Gasteiger partial charge in [-0.15, -0.1) is 0 Å². The Labute approximate surface area is 107 Å². The van der Waals surface area contributed by atoms with Crippen LogP contribution in [-0.4, -0.2) is 38.0 Å². The highest BCUT2D eigenvalue weighted by molar-refractivity contribution is 9.10. The van der Waals surface area contributed by atoms with E-state index in [2.05, 4.69) is 21.2 Å². The Kier molecular flexibility index (Phi) is 5.02. The summed E-state index contributed by atoms with van der Waals surface area (Å²) in [6.07, 6.45) is 0. The van der Waals surface area contributed by atoms with Crippen LogP contribution in [-0.2, 0) is 0 Å². The number of halogens is 3. The number of carbonyl (C=O) groups is 1. The van der Waals surface area contributed by atoms with Crippen molar-refractivity contribution in [2.45, 2.75) is 0 Å². The molecule has 1 amide bonds. The summed E-state index contributed by atoms with van der Waals surface area (Å²) in [4.78, 5) is 13.4. The van der Waals surface area contributed by atoms with Crippen LogP contribution < -0.4 is 5.32 Å². The molecular weight excluding hydrogens is 294 g/mol. The van der Waals surface area contributed by atoms with E-state index in [1.807, 2.05) is 19.0 Å². The molecule has 0 fully saturated rings. The molecule has 0 heterocycles. The Morgan fingerprint density at radius 2 is 2.06 bits per heavy atom. The van der Waals surface area contributed by atoms with Gasteiger partial charge in [-0.2, -0.15) is 0 Å². The molecule has 0 spiro atoms. The van der Waals surface area contributed by atoms with Crippen LogP contribution in [0.4, 0.5) is 8.78 Å². The number of nitrogens with one attached hydrogen (secondary N) is 1. The van der Waals surface area contributed by atoms with Crippen molar-refractivity contribution in [2.75, 3.05) is 27.2 Å². The van der Waals surface area contributed by atoms with E-state index >= 15 is 0 Å². The summed E-state index contributed by atoms with van der Waals surface area (Å²) in [5.41, 5.74) is -0.557. The van der Waals surface area contributed by atoms with Crippen molar-refractivity contribution in [2.24, 2.45) is 0 Å². The maximum Gasteiger partial charge on any atom is 0.257 e. The third kappa shape index (κ3) is 3.74. The lowest BCUT2D eigenvalue weighted by atomic mass is 10.2. The molecule has 0 saturated heterocycles. The van der Waals surface area contributed by atoms with Crippen LogP contribution in [0.3, 0.4) is 0 Å². The summed E-state index contributed by atoms with van der Waals surface area (Å²) in [5, 5.41) is 2.46. The molecule has 3 nitrogen and oxygen atoms in total. The molecule has 0 atom stereocenters. The average Bonchev–Trinajstić information content (AvgIpc) is 2.23. The Balaban J connectivity index is 2.79. The molecule has 0 aliphatic carbocycles. The van der Waals surface area contributed by atoms with E-state index in [0.29, 0.717) is 13.1 Å². The molecule has 0 radical (unpaired) electrons. The van der Waals surface area contributed by atoms with Crippen molar-refractivity contribution in [3.05, 3.63) is 33.8 Å². The molecule has 1 aromatic carbocycles. The van der Waals surface area contributed by atoms with Crippen LogP contribution in [0.15, 0.2) is 16.6 Å². The van der Waals surface area contributed by atoms with Crippen LogP contribution in [0.25, 0.3) is 0 Å². The molecule has 94 valence electrons. The molecule has 0 bridgehead atoms. The highest BCUT2D eigenvalue weighted by Crippen LogP contribution is 2.21. The van der Waals surface area contributed by atoms with Gasteiger partial charge in [0.15, 0.2) is 5.82 Å². The minimum atomic E-state index is -0.882. The summed E-state index contributed by atoms with van der Waals surface area (Å²) in [6, 6.07) is 2.27. The molecule has 1 aromatic rings. The number of amides is 1.